The Morgan fingerprint density at radius 1 is 1.41 bits per heavy atom. The highest BCUT2D eigenvalue weighted by molar-refractivity contribution is 5.81. The third-order valence-corrected chi connectivity index (χ3v) is 2.73. The lowest BCUT2D eigenvalue weighted by atomic mass is 10.3. The van der Waals surface area contributed by atoms with Crippen molar-refractivity contribution >= 4 is 11.9 Å². The van der Waals surface area contributed by atoms with Crippen molar-refractivity contribution in [3.63, 3.8) is 0 Å². The van der Waals surface area contributed by atoms with Gasteiger partial charge in [0, 0.05) is 19.7 Å². The fraction of sp³-hybridized carbons (Fsp3) is 0.462. The summed E-state index contributed by atoms with van der Waals surface area (Å²) in [5.74, 6) is 0.00990. The van der Waals surface area contributed by atoms with Gasteiger partial charge in [-0.1, -0.05) is 5.16 Å². The van der Waals surface area contributed by atoms with Crippen LogP contribution in [-0.2, 0) is 27.9 Å². The second kappa shape index (κ2) is 7.34. The van der Waals surface area contributed by atoms with Gasteiger partial charge in [-0.05, 0) is 6.92 Å². The minimum absolute atomic E-state index is 0.0461. The van der Waals surface area contributed by atoms with E-state index in [1.54, 1.807) is 31.0 Å². The first kappa shape index (κ1) is 15.7. The average Bonchev–Trinajstić information content (AvgIpc) is 3.12. The number of aromatic nitrogens is 4. The number of rotatable bonds is 7. The molecule has 0 saturated heterocycles. The smallest absolute Gasteiger partial charge is 0.306 e. The molecule has 0 atom stereocenters. The molecule has 2 aromatic rings. The molecule has 0 unspecified atom stereocenters. The van der Waals surface area contributed by atoms with Crippen LogP contribution >= 0.6 is 0 Å². The van der Waals surface area contributed by atoms with Crippen molar-refractivity contribution in [1.29, 1.82) is 0 Å². The molecule has 118 valence electrons. The normalized spacial score (nSPS) is 10.5. The largest absolute Gasteiger partial charge is 0.466 e. The van der Waals surface area contributed by atoms with Crippen LogP contribution in [0.15, 0.2) is 16.9 Å². The third kappa shape index (κ3) is 4.40. The van der Waals surface area contributed by atoms with Crippen molar-refractivity contribution in [2.45, 2.75) is 26.3 Å². The van der Waals surface area contributed by atoms with Crippen molar-refractivity contribution < 1.29 is 18.8 Å². The Hall–Kier alpha value is -2.71. The summed E-state index contributed by atoms with van der Waals surface area (Å²) in [5, 5.41) is 10.4. The highest BCUT2D eigenvalue weighted by Gasteiger charge is 2.12. The van der Waals surface area contributed by atoms with Crippen molar-refractivity contribution in [2.75, 3.05) is 6.61 Å². The first-order chi connectivity index (χ1) is 10.6. The van der Waals surface area contributed by atoms with Crippen LogP contribution in [0, 0.1) is 0 Å². The maximum absolute atomic E-state index is 11.6. The molecule has 2 aromatic heterocycles. The van der Waals surface area contributed by atoms with Crippen LogP contribution in [0.1, 0.15) is 25.7 Å². The quantitative estimate of drug-likeness (QED) is 0.738. The molecule has 9 heteroatoms. The number of esters is 1. The molecule has 0 aliphatic heterocycles. The van der Waals surface area contributed by atoms with Crippen LogP contribution in [0.3, 0.4) is 0 Å². The van der Waals surface area contributed by atoms with E-state index in [1.807, 2.05) is 0 Å². The molecule has 2 rings (SSSR count). The molecule has 0 aromatic carbocycles. The van der Waals surface area contributed by atoms with Crippen LogP contribution in [0.25, 0.3) is 11.4 Å². The van der Waals surface area contributed by atoms with Gasteiger partial charge in [0.25, 0.3) is 0 Å². The highest BCUT2D eigenvalue weighted by Crippen LogP contribution is 2.13. The Morgan fingerprint density at radius 3 is 2.91 bits per heavy atom. The Morgan fingerprint density at radius 2 is 2.23 bits per heavy atom. The monoisotopic (exact) mass is 307 g/mol. The molecule has 0 aliphatic carbocycles. The van der Waals surface area contributed by atoms with Gasteiger partial charge in [0.05, 0.1) is 31.3 Å². The van der Waals surface area contributed by atoms with Gasteiger partial charge >= 0.3 is 5.97 Å². The van der Waals surface area contributed by atoms with Crippen molar-refractivity contribution in [3.05, 3.63) is 18.3 Å². The number of aryl methyl sites for hydroxylation is 1. The van der Waals surface area contributed by atoms with Gasteiger partial charge in [-0.15, -0.1) is 0 Å². The van der Waals surface area contributed by atoms with Gasteiger partial charge in [-0.25, -0.2) is 0 Å². The SMILES string of the molecule is CCOC(=O)CCC(=O)NCc1nc(-c2cnn(C)c2)no1. The highest BCUT2D eigenvalue weighted by atomic mass is 16.5. The number of hydrogen-bond donors (Lipinski definition) is 1. The lowest BCUT2D eigenvalue weighted by molar-refractivity contribution is -0.144. The number of carbonyl (C=O) groups is 2. The van der Waals surface area contributed by atoms with E-state index in [-0.39, 0.29) is 31.2 Å². The van der Waals surface area contributed by atoms with Crippen molar-refractivity contribution in [2.24, 2.45) is 7.05 Å². The van der Waals surface area contributed by atoms with E-state index in [1.165, 1.54) is 0 Å². The summed E-state index contributed by atoms with van der Waals surface area (Å²) in [6, 6.07) is 0. The maximum Gasteiger partial charge on any atom is 0.306 e. The number of ether oxygens (including phenoxy) is 1. The molecule has 0 radical (unpaired) electrons. The molecular formula is C13H17N5O4. The molecule has 0 spiro atoms. The lowest BCUT2D eigenvalue weighted by Gasteiger charge is -2.02. The van der Waals surface area contributed by atoms with E-state index < -0.39 is 5.97 Å². The lowest BCUT2D eigenvalue weighted by Crippen LogP contribution is -2.23. The van der Waals surface area contributed by atoms with Gasteiger partial charge in [-0.2, -0.15) is 10.1 Å². The molecule has 22 heavy (non-hydrogen) atoms. The summed E-state index contributed by atoms with van der Waals surface area (Å²) in [5.41, 5.74) is 0.728. The Kier molecular flexibility index (Phi) is 5.23. The predicted octanol–water partition coefficient (Wildman–Crippen LogP) is 0.430. The summed E-state index contributed by atoms with van der Waals surface area (Å²) in [6.07, 6.45) is 3.48. The molecule has 0 bridgehead atoms. The van der Waals surface area contributed by atoms with Gasteiger partial charge < -0.3 is 14.6 Å². The fourth-order valence-corrected chi connectivity index (χ4v) is 1.69. The predicted molar refractivity (Wildman–Crippen MR) is 74.2 cm³/mol. The van der Waals surface area contributed by atoms with Crippen molar-refractivity contribution in [3.8, 4) is 11.4 Å². The summed E-state index contributed by atoms with van der Waals surface area (Å²) < 4.78 is 11.4. The summed E-state index contributed by atoms with van der Waals surface area (Å²) >= 11 is 0. The molecule has 0 saturated carbocycles. The number of nitrogens with zero attached hydrogens (tertiary/aromatic N) is 4. The fourth-order valence-electron chi connectivity index (χ4n) is 1.69. The van der Waals surface area contributed by atoms with Gasteiger partial charge in [0.1, 0.15) is 0 Å². The van der Waals surface area contributed by atoms with E-state index in [9.17, 15) is 9.59 Å². The van der Waals surface area contributed by atoms with Gasteiger partial charge in [0.15, 0.2) is 0 Å². The summed E-state index contributed by atoms with van der Waals surface area (Å²) in [4.78, 5) is 26.9. The zero-order valence-electron chi connectivity index (χ0n) is 12.4. The third-order valence-electron chi connectivity index (χ3n) is 2.73. The number of carbonyl (C=O) groups excluding carboxylic acids is 2. The molecule has 0 aliphatic rings. The molecule has 9 nitrogen and oxygen atoms in total. The summed E-state index contributed by atoms with van der Waals surface area (Å²) in [7, 11) is 1.79. The maximum atomic E-state index is 11.6. The van der Waals surface area contributed by atoms with Crippen LogP contribution in [0.5, 0.6) is 0 Å². The van der Waals surface area contributed by atoms with Gasteiger partial charge in [0.2, 0.25) is 17.6 Å². The van der Waals surface area contributed by atoms with Gasteiger partial charge in [-0.3, -0.25) is 14.3 Å². The zero-order valence-corrected chi connectivity index (χ0v) is 12.4. The molecule has 2 heterocycles. The van der Waals surface area contributed by atoms with E-state index in [0.717, 1.165) is 5.56 Å². The van der Waals surface area contributed by atoms with Crippen molar-refractivity contribution in [1.82, 2.24) is 25.2 Å². The number of nitrogens with one attached hydrogen (secondary N) is 1. The Balaban J connectivity index is 1.79. The first-order valence-electron chi connectivity index (χ1n) is 6.82. The zero-order chi connectivity index (χ0) is 15.9. The standard InChI is InChI=1S/C13H17N5O4/c1-3-21-12(20)5-4-10(19)14-7-11-16-13(17-22-11)9-6-15-18(2)8-9/h6,8H,3-5,7H2,1-2H3,(H,14,19). The summed E-state index contributed by atoms with van der Waals surface area (Å²) in [6.45, 7) is 2.13. The topological polar surface area (TPSA) is 112 Å². The van der Waals surface area contributed by atoms with Crippen LogP contribution in [0.2, 0.25) is 0 Å². The Bertz CT molecular complexity index is 648. The minimum Gasteiger partial charge on any atom is -0.466 e. The van der Waals surface area contributed by atoms with E-state index in [2.05, 4.69) is 20.6 Å². The minimum atomic E-state index is -0.394. The average molecular weight is 307 g/mol. The molecule has 1 amide bonds. The number of amides is 1. The number of hydrogen-bond acceptors (Lipinski definition) is 7. The van der Waals surface area contributed by atoms with E-state index in [0.29, 0.717) is 12.4 Å². The molecule has 1 N–H and O–H groups in total. The Labute approximate surface area is 126 Å². The van der Waals surface area contributed by atoms with Crippen LogP contribution in [-0.4, -0.2) is 38.4 Å². The van der Waals surface area contributed by atoms with Crippen LogP contribution < -0.4 is 5.32 Å². The second-order valence-corrected chi connectivity index (χ2v) is 4.50. The van der Waals surface area contributed by atoms with Crippen LogP contribution in [0.4, 0.5) is 0 Å². The van der Waals surface area contributed by atoms with E-state index in [4.69, 9.17) is 9.26 Å². The van der Waals surface area contributed by atoms with E-state index >= 15 is 0 Å². The second-order valence-electron chi connectivity index (χ2n) is 4.50. The first-order valence-corrected chi connectivity index (χ1v) is 6.82. The molecular weight excluding hydrogens is 290 g/mol. The molecule has 0 fully saturated rings.